The van der Waals surface area contributed by atoms with Crippen LogP contribution in [0.1, 0.15) is 24.0 Å². The molecule has 21 heavy (non-hydrogen) atoms. The van der Waals surface area contributed by atoms with E-state index in [0.29, 0.717) is 19.7 Å². The fraction of sp³-hybridized carbons (Fsp3) is 0.600. The van der Waals surface area contributed by atoms with E-state index in [9.17, 15) is 13.2 Å². The molecule has 1 fully saturated rings. The Morgan fingerprint density at radius 3 is 2.29 bits per heavy atom. The zero-order valence-electron chi connectivity index (χ0n) is 11.9. The van der Waals surface area contributed by atoms with Crippen molar-refractivity contribution in [1.29, 1.82) is 0 Å². The molecule has 0 aliphatic carbocycles. The second-order valence-corrected chi connectivity index (χ2v) is 5.33. The molecule has 0 radical (unpaired) electrons. The van der Waals surface area contributed by atoms with E-state index in [2.05, 4.69) is 4.90 Å². The van der Waals surface area contributed by atoms with Crippen molar-refractivity contribution in [3.8, 4) is 0 Å². The number of benzene rings is 1. The van der Waals surface area contributed by atoms with Crippen LogP contribution >= 0.6 is 0 Å². The summed E-state index contributed by atoms with van der Waals surface area (Å²) in [5.74, 6) is 0. The molecule has 1 saturated heterocycles. The number of rotatable bonds is 5. The first-order valence-electron chi connectivity index (χ1n) is 7.19. The van der Waals surface area contributed by atoms with Crippen LogP contribution in [0.15, 0.2) is 24.3 Å². The number of likely N-dealkylation sites (tertiary alicyclic amines) is 1. The highest BCUT2D eigenvalue weighted by Gasteiger charge is 2.30. The summed E-state index contributed by atoms with van der Waals surface area (Å²) < 4.78 is 43.1. The molecular formula is C15H21F3N2O. The van der Waals surface area contributed by atoms with Gasteiger partial charge in [0.1, 0.15) is 0 Å². The molecule has 0 saturated carbocycles. The average Bonchev–Trinajstić information content (AvgIpc) is 2.46. The molecule has 0 amide bonds. The number of alkyl halides is 3. The number of ether oxygens (including phenoxy) is 1. The molecule has 2 rings (SSSR count). The fourth-order valence-corrected chi connectivity index (χ4v) is 2.53. The smallest absolute Gasteiger partial charge is 0.377 e. The highest BCUT2D eigenvalue weighted by Crippen LogP contribution is 2.29. The van der Waals surface area contributed by atoms with Gasteiger partial charge in [0.2, 0.25) is 0 Å². The zero-order chi connectivity index (χ0) is 15.3. The Hall–Kier alpha value is -1.11. The summed E-state index contributed by atoms with van der Waals surface area (Å²) in [5.41, 5.74) is 5.71. The van der Waals surface area contributed by atoms with Gasteiger partial charge in [-0.1, -0.05) is 12.1 Å². The number of hydrogen-bond donors (Lipinski definition) is 1. The average molecular weight is 302 g/mol. The van der Waals surface area contributed by atoms with E-state index < -0.39 is 11.7 Å². The zero-order valence-corrected chi connectivity index (χ0v) is 11.9. The number of piperidine rings is 1. The number of nitrogens with zero attached hydrogens (tertiary/aromatic N) is 1. The van der Waals surface area contributed by atoms with E-state index in [-0.39, 0.29) is 6.10 Å². The van der Waals surface area contributed by atoms with E-state index >= 15 is 0 Å². The van der Waals surface area contributed by atoms with E-state index in [1.807, 2.05) is 0 Å². The molecule has 2 N–H and O–H groups in total. The number of hydrogen-bond acceptors (Lipinski definition) is 3. The van der Waals surface area contributed by atoms with Gasteiger partial charge in [-0.15, -0.1) is 0 Å². The highest BCUT2D eigenvalue weighted by atomic mass is 19.4. The molecule has 0 aromatic heterocycles. The molecule has 1 aliphatic rings. The molecule has 0 unspecified atom stereocenters. The van der Waals surface area contributed by atoms with Gasteiger partial charge in [-0.05, 0) is 30.5 Å². The minimum absolute atomic E-state index is 0.261. The maximum absolute atomic E-state index is 12.5. The summed E-state index contributed by atoms with van der Waals surface area (Å²) >= 11 is 0. The molecular weight excluding hydrogens is 281 g/mol. The predicted octanol–water partition coefficient (Wildman–Crippen LogP) is 2.65. The molecule has 0 atom stereocenters. The van der Waals surface area contributed by atoms with Crippen molar-refractivity contribution in [2.24, 2.45) is 5.73 Å². The molecule has 1 aromatic carbocycles. The Morgan fingerprint density at radius 1 is 1.14 bits per heavy atom. The largest absolute Gasteiger partial charge is 0.416 e. The molecule has 1 aliphatic heterocycles. The second kappa shape index (κ2) is 7.24. The highest BCUT2D eigenvalue weighted by molar-refractivity contribution is 5.24. The summed E-state index contributed by atoms with van der Waals surface area (Å²) in [6.07, 6.45) is -2.12. The third-order valence-electron chi connectivity index (χ3n) is 3.69. The number of halogens is 3. The first-order chi connectivity index (χ1) is 9.99. The summed E-state index contributed by atoms with van der Waals surface area (Å²) in [6.45, 7) is 3.60. The van der Waals surface area contributed by atoms with E-state index in [1.165, 1.54) is 0 Å². The molecule has 0 spiro atoms. The van der Waals surface area contributed by atoms with E-state index in [1.54, 1.807) is 12.1 Å². The lowest BCUT2D eigenvalue weighted by molar-refractivity contribution is -0.137. The Morgan fingerprint density at radius 2 is 1.76 bits per heavy atom. The van der Waals surface area contributed by atoms with Crippen LogP contribution in [0.3, 0.4) is 0 Å². The lowest BCUT2D eigenvalue weighted by Gasteiger charge is -2.31. The van der Waals surface area contributed by atoms with Gasteiger partial charge in [-0.2, -0.15) is 13.2 Å². The Labute approximate surface area is 122 Å². The topological polar surface area (TPSA) is 38.5 Å². The van der Waals surface area contributed by atoms with Gasteiger partial charge in [-0.3, -0.25) is 4.90 Å². The van der Waals surface area contributed by atoms with Crippen LogP contribution in [0.2, 0.25) is 0 Å². The normalized spacial score (nSPS) is 18.1. The van der Waals surface area contributed by atoms with Gasteiger partial charge in [0.15, 0.2) is 0 Å². The standard InChI is InChI=1S/C15H21F3N2O/c16-15(17,18)13-3-1-12(2-4-13)11-20-8-5-14(6-9-20)21-10-7-19/h1-4,14H,5-11,19H2. The minimum atomic E-state index is -4.27. The van der Waals surface area contributed by atoms with Crippen molar-refractivity contribution in [1.82, 2.24) is 4.90 Å². The Kier molecular flexibility index (Phi) is 5.61. The minimum Gasteiger partial charge on any atom is -0.377 e. The Balaban J connectivity index is 1.81. The second-order valence-electron chi connectivity index (χ2n) is 5.33. The van der Waals surface area contributed by atoms with Crippen LogP contribution in [-0.2, 0) is 17.5 Å². The maximum Gasteiger partial charge on any atom is 0.416 e. The van der Waals surface area contributed by atoms with Crippen molar-refractivity contribution in [2.75, 3.05) is 26.2 Å². The molecule has 6 heteroatoms. The van der Waals surface area contributed by atoms with E-state index in [0.717, 1.165) is 43.6 Å². The maximum atomic E-state index is 12.5. The van der Waals surface area contributed by atoms with Gasteiger partial charge >= 0.3 is 6.18 Å². The van der Waals surface area contributed by atoms with Crippen molar-refractivity contribution in [3.05, 3.63) is 35.4 Å². The lowest BCUT2D eigenvalue weighted by Crippen LogP contribution is -2.37. The van der Waals surface area contributed by atoms with Crippen LogP contribution in [0.25, 0.3) is 0 Å². The van der Waals surface area contributed by atoms with Gasteiger partial charge in [-0.25, -0.2) is 0 Å². The lowest BCUT2D eigenvalue weighted by atomic mass is 10.1. The molecule has 118 valence electrons. The third-order valence-corrected chi connectivity index (χ3v) is 3.69. The SMILES string of the molecule is NCCOC1CCN(Cc2ccc(C(F)(F)F)cc2)CC1. The van der Waals surface area contributed by atoms with Crippen molar-refractivity contribution < 1.29 is 17.9 Å². The van der Waals surface area contributed by atoms with Crippen LogP contribution in [0.4, 0.5) is 13.2 Å². The monoisotopic (exact) mass is 302 g/mol. The Bertz CT molecular complexity index is 426. The van der Waals surface area contributed by atoms with Gasteiger partial charge in [0.25, 0.3) is 0 Å². The van der Waals surface area contributed by atoms with Crippen molar-refractivity contribution >= 4 is 0 Å². The third kappa shape index (κ3) is 4.98. The van der Waals surface area contributed by atoms with Crippen molar-refractivity contribution in [3.63, 3.8) is 0 Å². The first kappa shape index (κ1) is 16.3. The quantitative estimate of drug-likeness (QED) is 0.909. The molecule has 1 heterocycles. The summed E-state index contributed by atoms with van der Waals surface area (Å²) in [6, 6.07) is 5.40. The predicted molar refractivity (Wildman–Crippen MR) is 74.7 cm³/mol. The van der Waals surface area contributed by atoms with Crippen LogP contribution < -0.4 is 5.73 Å². The first-order valence-corrected chi connectivity index (χ1v) is 7.19. The van der Waals surface area contributed by atoms with Gasteiger partial charge in [0.05, 0.1) is 18.3 Å². The summed E-state index contributed by atoms with van der Waals surface area (Å²) in [7, 11) is 0. The number of nitrogens with two attached hydrogens (primary N) is 1. The summed E-state index contributed by atoms with van der Waals surface area (Å²) in [5, 5.41) is 0. The summed E-state index contributed by atoms with van der Waals surface area (Å²) in [4.78, 5) is 2.24. The van der Waals surface area contributed by atoms with Crippen LogP contribution in [0, 0.1) is 0 Å². The van der Waals surface area contributed by atoms with Crippen LogP contribution in [0.5, 0.6) is 0 Å². The van der Waals surface area contributed by atoms with Crippen molar-refractivity contribution in [2.45, 2.75) is 31.7 Å². The van der Waals surface area contributed by atoms with Gasteiger partial charge < -0.3 is 10.5 Å². The molecule has 3 nitrogen and oxygen atoms in total. The molecule has 0 bridgehead atoms. The molecule has 1 aromatic rings. The van der Waals surface area contributed by atoms with Crippen LogP contribution in [-0.4, -0.2) is 37.2 Å². The fourth-order valence-electron chi connectivity index (χ4n) is 2.53. The van der Waals surface area contributed by atoms with E-state index in [4.69, 9.17) is 10.5 Å². The van der Waals surface area contributed by atoms with Gasteiger partial charge in [0, 0.05) is 26.2 Å².